The number of anilines is 2. The zero-order valence-corrected chi connectivity index (χ0v) is 16.6. The van der Waals surface area contributed by atoms with Crippen molar-refractivity contribution >= 4 is 33.3 Å². The number of aryl methyl sites for hydroxylation is 1. The number of hydrogen-bond acceptors (Lipinski definition) is 5. The molecule has 0 bridgehead atoms. The van der Waals surface area contributed by atoms with Crippen molar-refractivity contribution in [1.29, 1.82) is 0 Å². The molecule has 1 aliphatic heterocycles. The van der Waals surface area contributed by atoms with Gasteiger partial charge in [0.25, 0.3) is 10.0 Å². The van der Waals surface area contributed by atoms with Gasteiger partial charge in [-0.15, -0.1) is 0 Å². The molecule has 148 valence electrons. The Morgan fingerprint density at radius 1 is 1.18 bits per heavy atom. The molecule has 0 atom stereocenters. The summed E-state index contributed by atoms with van der Waals surface area (Å²) in [7, 11) is -3.80. The number of sulfonamides is 1. The summed E-state index contributed by atoms with van der Waals surface area (Å²) in [5, 5.41) is 0. The zero-order chi connectivity index (χ0) is 20.3. The average molecular weight is 402 g/mol. The highest BCUT2D eigenvalue weighted by Gasteiger charge is 2.24. The van der Waals surface area contributed by atoms with Crippen LogP contribution in [0.25, 0.3) is 0 Å². The molecule has 1 amide bonds. The number of nitrogens with zero attached hydrogens (tertiary/aromatic N) is 1. The molecule has 28 heavy (non-hydrogen) atoms. The number of esters is 1. The van der Waals surface area contributed by atoms with Crippen LogP contribution in [0.3, 0.4) is 0 Å². The molecule has 0 spiro atoms. The predicted molar refractivity (Wildman–Crippen MR) is 106 cm³/mol. The van der Waals surface area contributed by atoms with Crippen LogP contribution in [0.5, 0.6) is 0 Å². The molecule has 1 heterocycles. The van der Waals surface area contributed by atoms with Crippen LogP contribution >= 0.6 is 0 Å². The van der Waals surface area contributed by atoms with E-state index in [0.717, 1.165) is 17.7 Å². The Hall–Kier alpha value is -2.87. The van der Waals surface area contributed by atoms with Crippen molar-refractivity contribution in [3.8, 4) is 0 Å². The Labute approximate surface area is 164 Å². The van der Waals surface area contributed by atoms with E-state index in [1.165, 1.54) is 30.3 Å². The van der Waals surface area contributed by atoms with E-state index in [9.17, 15) is 18.0 Å². The first kappa shape index (κ1) is 19.9. The summed E-state index contributed by atoms with van der Waals surface area (Å²) in [6.07, 6.45) is 1.32. The summed E-state index contributed by atoms with van der Waals surface area (Å²) in [5.74, 6) is -0.405. The largest absolute Gasteiger partial charge is 0.462 e. The molecule has 2 aromatic rings. The number of hydrogen-bond donors (Lipinski definition) is 1. The van der Waals surface area contributed by atoms with Crippen molar-refractivity contribution in [3.63, 3.8) is 0 Å². The minimum absolute atomic E-state index is 0.0542. The lowest BCUT2D eigenvalue weighted by Gasteiger charge is -2.19. The van der Waals surface area contributed by atoms with Crippen LogP contribution in [-0.4, -0.2) is 33.4 Å². The van der Waals surface area contributed by atoms with Gasteiger partial charge in [-0.05, 0) is 68.3 Å². The van der Waals surface area contributed by atoms with Gasteiger partial charge in [0.1, 0.15) is 0 Å². The molecule has 0 aliphatic carbocycles. The van der Waals surface area contributed by atoms with Crippen LogP contribution in [0.15, 0.2) is 47.4 Å². The van der Waals surface area contributed by atoms with E-state index in [-0.39, 0.29) is 17.4 Å². The molecule has 1 N–H and O–H groups in total. The first-order valence-electron chi connectivity index (χ1n) is 9.03. The molecular weight excluding hydrogens is 380 g/mol. The second-order valence-corrected chi connectivity index (χ2v) is 8.18. The van der Waals surface area contributed by atoms with Gasteiger partial charge in [0, 0.05) is 24.3 Å². The minimum atomic E-state index is -3.80. The average Bonchev–Trinajstić information content (AvgIpc) is 3.08. The van der Waals surface area contributed by atoms with E-state index < -0.39 is 16.0 Å². The highest BCUT2D eigenvalue weighted by molar-refractivity contribution is 7.92. The SMILES string of the molecule is CCOC(=O)c1ccc(NS(=O)(=O)c2ccc(N3CCCC3=O)c(C)c2)cc1. The van der Waals surface area contributed by atoms with E-state index >= 15 is 0 Å². The van der Waals surface area contributed by atoms with Crippen LogP contribution in [0.4, 0.5) is 11.4 Å². The smallest absolute Gasteiger partial charge is 0.338 e. The number of carbonyl (C=O) groups is 2. The number of amides is 1. The van der Waals surface area contributed by atoms with Crippen molar-refractivity contribution in [2.24, 2.45) is 0 Å². The van der Waals surface area contributed by atoms with Crippen molar-refractivity contribution in [1.82, 2.24) is 0 Å². The third-order valence-electron chi connectivity index (χ3n) is 4.49. The predicted octanol–water partition coefficient (Wildman–Crippen LogP) is 3.10. The molecule has 7 nitrogen and oxygen atoms in total. The molecule has 0 saturated carbocycles. The summed E-state index contributed by atoms with van der Waals surface area (Å²) in [4.78, 5) is 25.4. The minimum Gasteiger partial charge on any atom is -0.462 e. The third kappa shape index (κ3) is 4.17. The second kappa shape index (κ2) is 8.02. The zero-order valence-electron chi connectivity index (χ0n) is 15.8. The molecule has 0 aromatic heterocycles. The molecule has 0 radical (unpaired) electrons. The lowest BCUT2D eigenvalue weighted by Crippen LogP contribution is -2.24. The van der Waals surface area contributed by atoms with Gasteiger partial charge in [0.2, 0.25) is 5.91 Å². The van der Waals surface area contributed by atoms with Crippen LogP contribution in [0.1, 0.15) is 35.7 Å². The van der Waals surface area contributed by atoms with E-state index in [2.05, 4.69) is 4.72 Å². The molecule has 3 rings (SSSR count). The molecule has 8 heteroatoms. The number of nitrogens with one attached hydrogen (secondary N) is 1. The Morgan fingerprint density at radius 2 is 1.89 bits per heavy atom. The Morgan fingerprint density at radius 3 is 2.46 bits per heavy atom. The maximum absolute atomic E-state index is 12.7. The van der Waals surface area contributed by atoms with Gasteiger partial charge in [0.05, 0.1) is 17.1 Å². The lowest BCUT2D eigenvalue weighted by molar-refractivity contribution is -0.117. The highest BCUT2D eigenvalue weighted by atomic mass is 32.2. The van der Waals surface area contributed by atoms with Gasteiger partial charge in [0.15, 0.2) is 0 Å². The van der Waals surface area contributed by atoms with Crippen LogP contribution < -0.4 is 9.62 Å². The fraction of sp³-hybridized carbons (Fsp3) is 0.300. The molecule has 1 aliphatic rings. The maximum Gasteiger partial charge on any atom is 0.338 e. The van der Waals surface area contributed by atoms with E-state index in [1.807, 2.05) is 0 Å². The Bertz CT molecular complexity index is 1000. The van der Waals surface area contributed by atoms with Crippen molar-refractivity contribution < 1.29 is 22.7 Å². The number of benzene rings is 2. The van der Waals surface area contributed by atoms with Gasteiger partial charge < -0.3 is 9.64 Å². The van der Waals surface area contributed by atoms with E-state index in [0.29, 0.717) is 24.2 Å². The normalized spacial score (nSPS) is 14.2. The standard InChI is InChI=1S/C20H22N2O5S/c1-3-27-20(24)15-6-8-16(9-7-15)21-28(25,26)17-10-11-18(14(2)13-17)22-12-4-5-19(22)23/h6-11,13,21H,3-5,12H2,1-2H3. The second-order valence-electron chi connectivity index (χ2n) is 6.50. The van der Waals surface area contributed by atoms with Crippen LogP contribution in [-0.2, 0) is 19.6 Å². The molecule has 1 saturated heterocycles. The van der Waals surface area contributed by atoms with Gasteiger partial charge in [-0.3, -0.25) is 9.52 Å². The number of rotatable bonds is 6. The summed E-state index contributed by atoms with van der Waals surface area (Å²) in [6.45, 7) is 4.42. The quantitative estimate of drug-likeness (QED) is 0.750. The van der Waals surface area contributed by atoms with E-state index in [1.54, 1.807) is 30.9 Å². The van der Waals surface area contributed by atoms with Gasteiger partial charge in [-0.1, -0.05) is 0 Å². The monoisotopic (exact) mass is 402 g/mol. The molecular formula is C20H22N2O5S. The van der Waals surface area contributed by atoms with Crippen molar-refractivity contribution in [3.05, 3.63) is 53.6 Å². The first-order valence-corrected chi connectivity index (χ1v) is 10.5. The fourth-order valence-corrected chi connectivity index (χ4v) is 4.25. The highest BCUT2D eigenvalue weighted by Crippen LogP contribution is 2.28. The Balaban J connectivity index is 1.78. The summed E-state index contributed by atoms with van der Waals surface area (Å²) in [6, 6.07) is 10.7. The third-order valence-corrected chi connectivity index (χ3v) is 5.87. The summed E-state index contributed by atoms with van der Waals surface area (Å²) in [5.41, 5.74) is 2.14. The summed E-state index contributed by atoms with van der Waals surface area (Å²) < 4.78 is 32.8. The summed E-state index contributed by atoms with van der Waals surface area (Å²) >= 11 is 0. The number of carbonyl (C=O) groups excluding carboxylic acids is 2. The molecule has 2 aromatic carbocycles. The van der Waals surface area contributed by atoms with Gasteiger partial charge in [-0.2, -0.15) is 0 Å². The van der Waals surface area contributed by atoms with Crippen molar-refractivity contribution in [2.45, 2.75) is 31.6 Å². The number of ether oxygens (including phenoxy) is 1. The van der Waals surface area contributed by atoms with Gasteiger partial charge in [-0.25, -0.2) is 13.2 Å². The van der Waals surface area contributed by atoms with Crippen molar-refractivity contribution in [2.75, 3.05) is 22.8 Å². The van der Waals surface area contributed by atoms with Gasteiger partial charge >= 0.3 is 5.97 Å². The van der Waals surface area contributed by atoms with Crippen LogP contribution in [0, 0.1) is 6.92 Å². The fourth-order valence-electron chi connectivity index (χ4n) is 3.10. The lowest BCUT2D eigenvalue weighted by atomic mass is 10.2. The van der Waals surface area contributed by atoms with E-state index in [4.69, 9.17) is 4.74 Å². The molecule has 1 fully saturated rings. The molecule has 0 unspecified atom stereocenters. The maximum atomic E-state index is 12.7. The topological polar surface area (TPSA) is 92.8 Å². The van der Waals surface area contributed by atoms with Crippen LogP contribution in [0.2, 0.25) is 0 Å². The Kier molecular flexibility index (Phi) is 5.69. The first-order chi connectivity index (χ1) is 13.3.